The van der Waals surface area contributed by atoms with Crippen molar-refractivity contribution in [1.29, 1.82) is 0 Å². The van der Waals surface area contributed by atoms with Gasteiger partial charge in [0.25, 0.3) is 0 Å². The van der Waals surface area contributed by atoms with Gasteiger partial charge in [-0.25, -0.2) is 0 Å². The van der Waals surface area contributed by atoms with Gasteiger partial charge < -0.3 is 10.2 Å². The van der Waals surface area contributed by atoms with Crippen LogP contribution in [0.5, 0.6) is 0 Å². The fourth-order valence-corrected chi connectivity index (χ4v) is 5.35. The third kappa shape index (κ3) is 9.44. The van der Waals surface area contributed by atoms with Crippen LogP contribution < -0.4 is 0 Å². The van der Waals surface area contributed by atoms with Gasteiger partial charge in [-0.3, -0.25) is 9.59 Å². The average molecular weight is 583 g/mol. The highest BCUT2D eigenvalue weighted by Crippen LogP contribution is 2.41. The third-order valence-electron chi connectivity index (χ3n) is 8.26. The van der Waals surface area contributed by atoms with E-state index >= 15 is 0 Å². The molecule has 0 saturated heterocycles. The number of carbonyl (C=O) groups is 2. The Balaban J connectivity index is 1.93. The quantitative estimate of drug-likeness (QED) is 0.200. The second-order valence-corrected chi connectivity index (χ2v) is 12.9. The van der Waals surface area contributed by atoms with Gasteiger partial charge in [0.2, 0.25) is 11.6 Å². The minimum atomic E-state index is -0.773. The number of hydrogen-bond acceptors (Lipinski definition) is 4. The SMILES string of the molecule is CC1=C(/C=C/C(C)=C/C=C/C(C)=C/C=C/C=C(C)/C=C/C=C(C)/C=C/C2=C(C)C(=O)C(=O)C2(C)C)C(C)(C)C(O)C(O)C1. The van der Waals surface area contributed by atoms with Crippen molar-refractivity contribution in [3.05, 3.63) is 130 Å². The summed E-state index contributed by atoms with van der Waals surface area (Å²) >= 11 is 0. The Hall–Kier alpha value is -3.60. The first-order chi connectivity index (χ1) is 20.0. The fraction of sp³-hybridized carbons (Fsp3) is 0.385. The van der Waals surface area contributed by atoms with Gasteiger partial charge in [-0.05, 0) is 73.0 Å². The van der Waals surface area contributed by atoms with E-state index in [1.54, 1.807) is 20.8 Å². The number of ketones is 2. The van der Waals surface area contributed by atoms with E-state index in [9.17, 15) is 19.8 Å². The Morgan fingerprint density at radius 2 is 1.09 bits per heavy atom. The molecule has 0 fully saturated rings. The molecule has 0 aromatic rings. The fourth-order valence-electron chi connectivity index (χ4n) is 5.35. The normalized spacial score (nSPS) is 24.6. The van der Waals surface area contributed by atoms with E-state index in [2.05, 4.69) is 37.3 Å². The van der Waals surface area contributed by atoms with Gasteiger partial charge >= 0.3 is 0 Å². The number of rotatable bonds is 10. The second-order valence-electron chi connectivity index (χ2n) is 12.9. The van der Waals surface area contributed by atoms with E-state index in [0.717, 1.165) is 39.0 Å². The number of aliphatic hydroxyl groups excluding tert-OH is 2. The summed E-state index contributed by atoms with van der Waals surface area (Å²) in [5, 5.41) is 20.6. The molecule has 0 heterocycles. The molecule has 2 atom stereocenters. The standard InChI is InChI=1S/C39H50O4/c1-26(17-13-19-28(3)21-23-32-30(5)25-34(40)36(42)38(32,7)8)15-11-12-16-27(2)18-14-20-29(4)22-24-33-31(6)35(41)37(43)39(33,9)10/h11-24,34,36,40,42H,25H2,1-10H3/b12-11+,17-13+,18-14+,23-21+,24-22+,26-15+,27-16+,28-19+,29-20+. The number of hydrogen-bond donors (Lipinski definition) is 2. The second kappa shape index (κ2) is 15.2. The van der Waals surface area contributed by atoms with Crippen LogP contribution >= 0.6 is 0 Å². The van der Waals surface area contributed by atoms with Gasteiger partial charge in [-0.2, -0.15) is 0 Å². The van der Waals surface area contributed by atoms with Gasteiger partial charge in [0.1, 0.15) is 0 Å². The van der Waals surface area contributed by atoms with Gasteiger partial charge in [-0.15, -0.1) is 0 Å². The van der Waals surface area contributed by atoms with Gasteiger partial charge in [-0.1, -0.05) is 127 Å². The van der Waals surface area contributed by atoms with Crippen LogP contribution in [0.4, 0.5) is 0 Å². The molecule has 0 aliphatic heterocycles. The third-order valence-corrected chi connectivity index (χ3v) is 8.26. The molecule has 43 heavy (non-hydrogen) atoms. The molecule has 0 aromatic heterocycles. The van der Waals surface area contributed by atoms with Crippen LogP contribution in [0.2, 0.25) is 0 Å². The summed E-state index contributed by atoms with van der Waals surface area (Å²) in [7, 11) is 0. The van der Waals surface area contributed by atoms with Crippen molar-refractivity contribution in [3.8, 4) is 0 Å². The minimum absolute atomic E-state index is 0.339. The number of aliphatic hydroxyl groups is 2. The maximum atomic E-state index is 12.2. The van der Waals surface area contributed by atoms with E-state index in [1.807, 2.05) is 96.2 Å². The number of carbonyl (C=O) groups excluding carboxylic acids is 2. The molecule has 2 aliphatic rings. The van der Waals surface area contributed by atoms with E-state index in [1.165, 1.54) is 0 Å². The molecule has 2 unspecified atom stereocenters. The summed E-state index contributed by atoms with van der Waals surface area (Å²) in [6.07, 6.45) is 27.2. The first kappa shape index (κ1) is 35.6. The van der Waals surface area contributed by atoms with Gasteiger partial charge in [0.05, 0.1) is 17.6 Å². The largest absolute Gasteiger partial charge is 0.390 e. The summed E-state index contributed by atoms with van der Waals surface area (Å²) in [5.41, 5.74) is 6.62. The number of Topliss-reactive ketones (excluding diaryl/α,β-unsaturated/α-hetero) is 2. The van der Waals surface area contributed by atoms with E-state index < -0.39 is 23.0 Å². The van der Waals surface area contributed by atoms with E-state index in [-0.39, 0.29) is 11.6 Å². The Kier molecular flexibility index (Phi) is 12.6. The first-order valence-corrected chi connectivity index (χ1v) is 14.9. The molecule has 0 amide bonds. The van der Waals surface area contributed by atoms with Crippen molar-refractivity contribution >= 4 is 11.6 Å². The van der Waals surface area contributed by atoms with Crippen molar-refractivity contribution in [1.82, 2.24) is 0 Å². The van der Waals surface area contributed by atoms with Crippen LogP contribution in [-0.4, -0.2) is 34.0 Å². The van der Waals surface area contributed by atoms with Crippen LogP contribution in [0.15, 0.2) is 130 Å². The zero-order valence-corrected chi connectivity index (χ0v) is 27.7. The predicted octanol–water partition coefficient (Wildman–Crippen LogP) is 8.52. The molecule has 0 radical (unpaired) electrons. The summed E-state index contributed by atoms with van der Waals surface area (Å²) in [5.74, 6) is -0.719. The van der Waals surface area contributed by atoms with Crippen molar-refractivity contribution in [2.45, 2.75) is 87.9 Å². The maximum absolute atomic E-state index is 12.2. The molecule has 2 N–H and O–H groups in total. The molecule has 4 nitrogen and oxygen atoms in total. The molecule has 0 saturated carbocycles. The minimum Gasteiger partial charge on any atom is -0.390 e. The smallest absolute Gasteiger partial charge is 0.225 e. The maximum Gasteiger partial charge on any atom is 0.225 e. The number of allylic oxidation sites excluding steroid dienone is 20. The zero-order chi connectivity index (χ0) is 32.5. The van der Waals surface area contributed by atoms with Gasteiger partial charge in [0.15, 0.2) is 0 Å². The molecule has 4 heteroatoms. The summed E-state index contributed by atoms with van der Waals surface area (Å²) in [6.45, 7) is 19.4. The van der Waals surface area contributed by atoms with E-state index in [4.69, 9.17) is 0 Å². The Bertz CT molecular complexity index is 1440. The monoisotopic (exact) mass is 582 g/mol. The average Bonchev–Trinajstić information content (AvgIpc) is 3.06. The first-order valence-electron chi connectivity index (χ1n) is 14.9. The topological polar surface area (TPSA) is 74.6 Å². The lowest BCUT2D eigenvalue weighted by atomic mass is 9.69. The van der Waals surface area contributed by atoms with Crippen LogP contribution in [-0.2, 0) is 9.59 Å². The highest BCUT2D eigenvalue weighted by atomic mass is 16.3. The lowest BCUT2D eigenvalue weighted by Crippen LogP contribution is -2.44. The Morgan fingerprint density at radius 1 is 0.674 bits per heavy atom. The summed E-state index contributed by atoms with van der Waals surface area (Å²) < 4.78 is 0. The Morgan fingerprint density at radius 3 is 1.53 bits per heavy atom. The van der Waals surface area contributed by atoms with Crippen LogP contribution in [0.1, 0.15) is 75.7 Å². The molecule has 0 bridgehead atoms. The van der Waals surface area contributed by atoms with Crippen molar-refractivity contribution in [2.24, 2.45) is 10.8 Å². The van der Waals surface area contributed by atoms with Crippen LogP contribution in [0.25, 0.3) is 0 Å². The lowest BCUT2D eigenvalue weighted by molar-refractivity contribution is -0.137. The zero-order valence-electron chi connectivity index (χ0n) is 27.7. The van der Waals surface area contributed by atoms with Crippen molar-refractivity contribution in [3.63, 3.8) is 0 Å². The molecule has 230 valence electrons. The predicted molar refractivity (Wildman–Crippen MR) is 180 cm³/mol. The molecular formula is C39H50O4. The highest BCUT2D eigenvalue weighted by molar-refractivity contribution is 6.48. The summed E-state index contributed by atoms with van der Waals surface area (Å²) in [6, 6.07) is 0. The highest BCUT2D eigenvalue weighted by Gasteiger charge is 2.44. The van der Waals surface area contributed by atoms with E-state index in [0.29, 0.717) is 12.0 Å². The van der Waals surface area contributed by atoms with Crippen LogP contribution in [0, 0.1) is 10.8 Å². The molecule has 2 rings (SSSR count). The Labute approximate surface area is 259 Å². The molecule has 0 aromatic carbocycles. The molecular weight excluding hydrogens is 532 g/mol. The van der Waals surface area contributed by atoms with Gasteiger partial charge in [0, 0.05) is 11.0 Å². The van der Waals surface area contributed by atoms with Crippen molar-refractivity contribution in [2.75, 3.05) is 0 Å². The lowest BCUT2D eigenvalue weighted by Gasteiger charge is -2.40. The van der Waals surface area contributed by atoms with Crippen molar-refractivity contribution < 1.29 is 19.8 Å². The summed E-state index contributed by atoms with van der Waals surface area (Å²) in [4.78, 5) is 24.2. The molecule has 0 spiro atoms. The molecule has 2 aliphatic carbocycles. The van der Waals surface area contributed by atoms with Crippen LogP contribution in [0.3, 0.4) is 0 Å².